The number of piperidine rings is 1. The molecule has 0 unspecified atom stereocenters. The van der Waals surface area contributed by atoms with E-state index in [0.717, 1.165) is 48.9 Å². The van der Waals surface area contributed by atoms with E-state index in [4.69, 9.17) is 4.98 Å². The van der Waals surface area contributed by atoms with Gasteiger partial charge in [-0.15, -0.1) is 0 Å². The monoisotopic (exact) mass is 412 g/mol. The summed E-state index contributed by atoms with van der Waals surface area (Å²) < 4.78 is 3.87. The number of aryl methyl sites for hydroxylation is 1. The first-order valence-electron chi connectivity index (χ1n) is 11.1. The highest BCUT2D eigenvalue weighted by atomic mass is 16.2. The lowest BCUT2D eigenvalue weighted by Crippen LogP contribution is -2.38. The Kier molecular flexibility index (Phi) is 4.19. The van der Waals surface area contributed by atoms with Crippen LogP contribution >= 0.6 is 0 Å². The minimum atomic E-state index is -0.00888. The second-order valence-electron chi connectivity index (χ2n) is 8.53. The molecule has 6 rings (SSSR count). The Hall–Kier alpha value is -3.41. The fourth-order valence-corrected chi connectivity index (χ4v) is 5.21. The number of fused-ring (bicyclic) bond motifs is 6. The van der Waals surface area contributed by atoms with Crippen LogP contribution in [0.5, 0.6) is 0 Å². The van der Waals surface area contributed by atoms with Crippen molar-refractivity contribution in [2.75, 3.05) is 13.1 Å². The highest BCUT2D eigenvalue weighted by molar-refractivity contribution is 5.93. The lowest BCUT2D eigenvalue weighted by molar-refractivity contribution is -0.132. The maximum absolute atomic E-state index is 13.2. The third-order valence-corrected chi connectivity index (χ3v) is 6.74. The molecule has 0 radical (unpaired) electrons. The Bertz CT molecular complexity index is 1390. The molecule has 1 fully saturated rings. The van der Waals surface area contributed by atoms with Crippen LogP contribution < -0.4 is 5.56 Å². The van der Waals surface area contributed by atoms with Crippen LogP contribution in [0.1, 0.15) is 24.8 Å². The average Bonchev–Trinajstić information content (AvgIpc) is 3.14. The molecule has 0 N–H and O–H groups in total. The number of benzene rings is 2. The second-order valence-corrected chi connectivity index (χ2v) is 8.53. The Morgan fingerprint density at radius 3 is 2.48 bits per heavy atom. The van der Waals surface area contributed by atoms with E-state index in [9.17, 15) is 9.59 Å². The molecule has 0 bridgehead atoms. The zero-order valence-corrected chi connectivity index (χ0v) is 17.4. The topological polar surface area (TPSA) is 60.1 Å². The predicted octanol–water partition coefficient (Wildman–Crippen LogP) is 3.59. The lowest BCUT2D eigenvalue weighted by Gasteiger charge is -2.28. The average molecular weight is 412 g/mol. The molecule has 156 valence electrons. The zero-order chi connectivity index (χ0) is 20.9. The van der Waals surface area contributed by atoms with Crippen LogP contribution in [0, 0.1) is 0 Å². The van der Waals surface area contributed by atoms with Crippen molar-refractivity contribution in [3.63, 3.8) is 0 Å². The molecule has 2 aliphatic rings. The van der Waals surface area contributed by atoms with Gasteiger partial charge in [0.1, 0.15) is 6.54 Å². The number of hydrogen-bond donors (Lipinski definition) is 0. The molecular weight excluding hydrogens is 388 g/mol. The van der Waals surface area contributed by atoms with Crippen LogP contribution in [0.3, 0.4) is 0 Å². The Morgan fingerprint density at radius 1 is 0.903 bits per heavy atom. The summed E-state index contributed by atoms with van der Waals surface area (Å²) >= 11 is 0. The number of para-hydroxylation sites is 2. The van der Waals surface area contributed by atoms with E-state index in [-0.39, 0.29) is 18.0 Å². The summed E-state index contributed by atoms with van der Waals surface area (Å²) in [6.07, 6.45) is 4.09. The van der Waals surface area contributed by atoms with Gasteiger partial charge in [0.05, 0.1) is 16.6 Å². The van der Waals surface area contributed by atoms with Gasteiger partial charge < -0.3 is 9.47 Å². The van der Waals surface area contributed by atoms with Gasteiger partial charge >= 0.3 is 0 Å². The summed E-state index contributed by atoms with van der Waals surface area (Å²) in [7, 11) is 0. The quantitative estimate of drug-likeness (QED) is 0.506. The van der Waals surface area contributed by atoms with Crippen molar-refractivity contribution in [2.24, 2.45) is 0 Å². The molecule has 4 heterocycles. The van der Waals surface area contributed by atoms with Gasteiger partial charge in [-0.2, -0.15) is 0 Å². The van der Waals surface area contributed by atoms with Crippen LogP contribution in [0.4, 0.5) is 0 Å². The molecule has 0 atom stereocenters. The van der Waals surface area contributed by atoms with Gasteiger partial charge in [-0.3, -0.25) is 14.2 Å². The fourth-order valence-electron chi connectivity index (χ4n) is 5.21. The van der Waals surface area contributed by atoms with Crippen molar-refractivity contribution in [3.05, 3.63) is 64.4 Å². The Balaban J connectivity index is 1.57. The third-order valence-electron chi connectivity index (χ3n) is 6.74. The summed E-state index contributed by atoms with van der Waals surface area (Å²) in [6.45, 7) is 2.55. The first kappa shape index (κ1) is 18.4. The predicted molar refractivity (Wildman–Crippen MR) is 121 cm³/mol. The molecule has 2 aromatic carbocycles. The van der Waals surface area contributed by atoms with Gasteiger partial charge in [0, 0.05) is 30.5 Å². The van der Waals surface area contributed by atoms with E-state index in [1.807, 2.05) is 41.3 Å². The molecule has 0 spiro atoms. The molecule has 2 aliphatic heterocycles. The van der Waals surface area contributed by atoms with Crippen molar-refractivity contribution < 1.29 is 4.79 Å². The molecule has 0 saturated carbocycles. The maximum Gasteiger partial charge on any atom is 0.261 e. The minimum absolute atomic E-state index is 0.00888. The van der Waals surface area contributed by atoms with E-state index in [0.29, 0.717) is 23.3 Å². The molecule has 4 aromatic rings. The molecule has 1 saturated heterocycles. The van der Waals surface area contributed by atoms with Crippen LogP contribution in [0.15, 0.2) is 53.3 Å². The van der Waals surface area contributed by atoms with Crippen molar-refractivity contribution in [1.29, 1.82) is 0 Å². The number of amides is 1. The van der Waals surface area contributed by atoms with Crippen LogP contribution in [0.2, 0.25) is 0 Å². The van der Waals surface area contributed by atoms with Gasteiger partial charge in [0.15, 0.2) is 5.82 Å². The van der Waals surface area contributed by atoms with E-state index in [1.165, 1.54) is 12.0 Å². The fraction of sp³-hybridized carbons (Fsp3) is 0.320. The summed E-state index contributed by atoms with van der Waals surface area (Å²) in [4.78, 5) is 33.3. The van der Waals surface area contributed by atoms with Crippen LogP contribution in [0.25, 0.3) is 33.3 Å². The SMILES string of the molecule is O=C(Cn1c2c(c3ccccc31)CCn1c-2nc2ccccc2c1=O)N1CCCCC1. The van der Waals surface area contributed by atoms with Crippen LogP contribution in [-0.4, -0.2) is 38.0 Å². The number of nitrogens with zero attached hydrogens (tertiary/aromatic N) is 4. The lowest BCUT2D eigenvalue weighted by atomic mass is 10.0. The highest BCUT2D eigenvalue weighted by Crippen LogP contribution is 2.36. The summed E-state index contributed by atoms with van der Waals surface area (Å²) in [5.41, 5.74) is 3.83. The van der Waals surface area contributed by atoms with E-state index < -0.39 is 0 Å². The second kappa shape index (κ2) is 7.08. The van der Waals surface area contributed by atoms with Gasteiger partial charge in [-0.05, 0) is 49.4 Å². The van der Waals surface area contributed by atoms with Gasteiger partial charge in [0.25, 0.3) is 5.56 Å². The van der Waals surface area contributed by atoms with Crippen molar-refractivity contribution in [1.82, 2.24) is 19.0 Å². The van der Waals surface area contributed by atoms with Crippen LogP contribution in [-0.2, 0) is 24.3 Å². The Morgan fingerprint density at radius 2 is 1.65 bits per heavy atom. The molecular formula is C25H24N4O2. The summed E-state index contributed by atoms with van der Waals surface area (Å²) in [5, 5.41) is 1.79. The molecule has 1 amide bonds. The number of carbonyl (C=O) groups excluding carboxylic acids is 1. The number of aromatic nitrogens is 3. The number of likely N-dealkylation sites (tertiary alicyclic amines) is 1. The molecule has 0 aliphatic carbocycles. The Labute approximate surface area is 179 Å². The standard InChI is InChI=1S/C25H24N4O2/c30-22(27-13-6-1-7-14-27)16-29-21-11-5-3-8-17(21)18-12-15-28-24(23(18)29)26-20-10-4-2-9-19(20)25(28)31/h2-5,8-11H,1,6-7,12-16H2. The minimum Gasteiger partial charge on any atom is -0.341 e. The smallest absolute Gasteiger partial charge is 0.261 e. The van der Waals surface area contributed by atoms with E-state index in [1.54, 1.807) is 4.57 Å². The van der Waals surface area contributed by atoms with Crippen molar-refractivity contribution in [2.45, 2.75) is 38.8 Å². The summed E-state index contributed by atoms with van der Waals surface area (Å²) in [5.74, 6) is 0.816. The van der Waals surface area contributed by atoms with Gasteiger partial charge in [-0.25, -0.2) is 4.98 Å². The zero-order valence-electron chi connectivity index (χ0n) is 17.4. The normalized spacial score (nSPS) is 15.8. The highest BCUT2D eigenvalue weighted by Gasteiger charge is 2.28. The van der Waals surface area contributed by atoms with Gasteiger partial charge in [-0.1, -0.05) is 30.3 Å². The number of rotatable bonds is 2. The van der Waals surface area contributed by atoms with Gasteiger partial charge in [0.2, 0.25) is 5.91 Å². The third kappa shape index (κ3) is 2.81. The largest absolute Gasteiger partial charge is 0.341 e. The van der Waals surface area contributed by atoms with E-state index >= 15 is 0 Å². The maximum atomic E-state index is 13.2. The van der Waals surface area contributed by atoms with E-state index in [2.05, 4.69) is 16.7 Å². The first-order valence-corrected chi connectivity index (χ1v) is 11.1. The molecule has 31 heavy (non-hydrogen) atoms. The first-order chi connectivity index (χ1) is 15.2. The van der Waals surface area contributed by atoms with Crippen molar-refractivity contribution in [3.8, 4) is 11.5 Å². The summed E-state index contributed by atoms with van der Waals surface area (Å²) in [6, 6.07) is 15.7. The van der Waals surface area contributed by atoms with Crippen molar-refractivity contribution >= 4 is 27.7 Å². The molecule has 6 nitrogen and oxygen atoms in total. The molecule has 6 heteroatoms. The molecule has 2 aromatic heterocycles. The number of carbonyl (C=O) groups is 1. The number of hydrogen-bond acceptors (Lipinski definition) is 3.